The van der Waals surface area contributed by atoms with Crippen LogP contribution < -0.4 is 5.32 Å². The van der Waals surface area contributed by atoms with E-state index in [0.29, 0.717) is 0 Å². The summed E-state index contributed by atoms with van der Waals surface area (Å²) in [5, 5.41) is 12.6. The predicted octanol–water partition coefficient (Wildman–Crippen LogP) is 2.20. The van der Waals surface area contributed by atoms with Gasteiger partial charge in [-0.05, 0) is 24.9 Å². The molecule has 0 aliphatic carbocycles. The minimum Gasteiger partial charge on any atom is -0.481 e. The highest BCUT2D eigenvalue weighted by Gasteiger charge is 2.30. The van der Waals surface area contributed by atoms with Crippen molar-refractivity contribution in [2.75, 3.05) is 6.54 Å². The van der Waals surface area contributed by atoms with Gasteiger partial charge in [0.1, 0.15) is 0 Å². The topological polar surface area (TPSA) is 49.3 Å². The molecule has 3 heteroatoms. The minimum absolute atomic E-state index is 0.0406. The Bertz CT molecular complexity index is 350. The number of carboxylic acid groups (broad SMARTS) is 1. The summed E-state index contributed by atoms with van der Waals surface area (Å²) in [6, 6.07) is 9.83. The van der Waals surface area contributed by atoms with E-state index in [4.69, 9.17) is 0 Å². The molecule has 1 aliphatic rings. The number of carboxylic acids is 1. The molecule has 0 unspecified atom stereocenters. The van der Waals surface area contributed by atoms with Crippen molar-refractivity contribution in [3.05, 3.63) is 35.9 Å². The molecule has 2 N–H and O–H groups in total. The zero-order valence-corrected chi connectivity index (χ0v) is 9.23. The van der Waals surface area contributed by atoms with E-state index in [1.165, 1.54) is 0 Å². The monoisotopic (exact) mass is 219 g/mol. The van der Waals surface area contributed by atoms with E-state index in [0.717, 1.165) is 31.4 Å². The van der Waals surface area contributed by atoms with Crippen molar-refractivity contribution in [1.29, 1.82) is 0 Å². The smallest absolute Gasteiger partial charge is 0.308 e. The van der Waals surface area contributed by atoms with Gasteiger partial charge >= 0.3 is 5.97 Å². The molecule has 0 amide bonds. The van der Waals surface area contributed by atoms with E-state index < -0.39 is 5.97 Å². The second kappa shape index (κ2) is 5.12. The fourth-order valence-corrected chi connectivity index (χ4v) is 2.33. The highest BCUT2D eigenvalue weighted by Crippen LogP contribution is 2.28. The summed E-state index contributed by atoms with van der Waals surface area (Å²) in [5.74, 6) is -0.992. The zero-order chi connectivity index (χ0) is 11.4. The molecular weight excluding hydrogens is 202 g/mol. The number of carbonyl (C=O) groups is 1. The SMILES string of the molecule is O=C(O)[C@H]1CCCCN[C@@H]1c1ccccc1. The van der Waals surface area contributed by atoms with Gasteiger partial charge in [0.15, 0.2) is 0 Å². The summed E-state index contributed by atoms with van der Waals surface area (Å²) < 4.78 is 0. The van der Waals surface area contributed by atoms with Gasteiger partial charge in [0.25, 0.3) is 0 Å². The number of hydrogen-bond donors (Lipinski definition) is 2. The molecule has 0 radical (unpaired) electrons. The minimum atomic E-state index is -0.691. The summed E-state index contributed by atoms with van der Waals surface area (Å²) in [5.41, 5.74) is 1.08. The molecule has 0 bridgehead atoms. The Morgan fingerprint density at radius 3 is 2.69 bits per heavy atom. The maximum atomic E-state index is 11.3. The summed E-state index contributed by atoms with van der Waals surface area (Å²) >= 11 is 0. The number of rotatable bonds is 2. The molecule has 16 heavy (non-hydrogen) atoms. The second-order valence-electron chi connectivity index (χ2n) is 4.28. The van der Waals surface area contributed by atoms with Gasteiger partial charge in [-0.25, -0.2) is 0 Å². The van der Waals surface area contributed by atoms with E-state index in [2.05, 4.69) is 5.32 Å². The zero-order valence-electron chi connectivity index (χ0n) is 9.23. The van der Waals surface area contributed by atoms with Crippen molar-refractivity contribution in [2.24, 2.45) is 5.92 Å². The van der Waals surface area contributed by atoms with Gasteiger partial charge in [-0.3, -0.25) is 4.79 Å². The summed E-state index contributed by atoms with van der Waals surface area (Å²) in [7, 11) is 0. The number of hydrogen-bond acceptors (Lipinski definition) is 2. The van der Waals surface area contributed by atoms with Crippen LogP contribution in [0.15, 0.2) is 30.3 Å². The third-order valence-electron chi connectivity index (χ3n) is 3.18. The van der Waals surface area contributed by atoms with Gasteiger partial charge in [0.05, 0.1) is 5.92 Å². The van der Waals surface area contributed by atoms with Crippen LogP contribution in [0.4, 0.5) is 0 Å². The molecule has 0 spiro atoms. The fraction of sp³-hybridized carbons (Fsp3) is 0.462. The maximum Gasteiger partial charge on any atom is 0.308 e. The average Bonchev–Trinajstić information content (AvgIpc) is 2.55. The lowest BCUT2D eigenvalue weighted by molar-refractivity contribution is -0.143. The van der Waals surface area contributed by atoms with Crippen LogP contribution in [0.5, 0.6) is 0 Å². The normalized spacial score (nSPS) is 26.0. The van der Waals surface area contributed by atoms with Gasteiger partial charge in [0.2, 0.25) is 0 Å². The molecule has 1 aromatic carbocycles. The first kappa shape index (κ1) is 11.1. The van der Waals surface area contributed by atoms with Crippen molar-refractivity contribution in [3.8, 4) is 0 Å². The van der Waals surface area contributed by atoms with Crippen LogP contribution in [0, 0.1) is 5.92 Å². The largest absolute Gasteiger partial charge is 0.481 e. The highest BCUT2D eigenvalue weighted by molar-refractivity contribution is 5.71. The van der Waals surface area contributed by atoms with E-state index in [-0.39, 0.29) is 12.0 Å². The number of nitrogens with one attached hydrogen (secondary N) is 1. The Labute approximate surface area is 95.5 Å². The summed E-state index contributed by atoms with van der Waals surface area (Å²) in [6.45, 7) is 0.906. The van der Waals surface area contributed by atoms with Gasteiger partial charge in [-0.1, -0.05) is 36.8 Å². The van der Waals surface area contributed by atoms with Gasteiger partial charge in [-0.2, -0.15) is 0 Å². The molecule has 0 saturated carbocycles. The second-order valence-corrected chi connectivity index (χ2v) is 4.28. The molecule has 1 fully saturated rings. The van der Waals surface area contributed by atoms with Crippen molar-refractivity contribution in [3.63, 3.8) is 0 Å². The molecule has 3 nitrogen and oxygen atoms in total. The van der Waals surface area contributed by atoms with E-state index in [9.17, 15) is 9.90 Å². The third-order valence-corrected chi connectivity index (χ3v) is 3.18. The summed E-state index contributed by atoms with van der Waals surface area (Å²) in [4.78, 5) is 11.3. The van der Waals surface area contributed by atoms with Gasteiger partial charge in [0, 0.05) is 6.04 Å². The highest BCUT2D eigenvalue weighted by atomic mass is 16.4. The van der Waals surface area contributed by atoms with Crippen molar-refractivity contribution in [2.45, 2.75) is 25.3 Å². The Balaban J connectivity index is 2.24. The van der Waals surface area contributed by atoms with Crippen molar-refractivity contribution < 1.29 is 9.90 Å². The Hall–Kier alpha value is -1.35. The van der Waals surface area contributed by atoms with Gasteiger partial charge in [-0.15, -0.1) is 0 Å². The Morgan fingerprint density at radius 1 is 1.25 bits per heavy atom. The lowest BCUT2D eigenvalue weighted by atomic mass is 9.90. The number of benzene rings is 1. The Kier molecular flexibility index (Phi) is 3.57. The molecule has 2 rings (SSSR count). The molecule has 1 heterocycles. The molecule has 1 saturated heterocycles. The quantitative estimate of drug-likeness (QED) is 0.801. The molecule has 1 aliphatic heterocycles. The first-order valence-corrected chi connectivity index (χ1v) is 5.80. The standard InChI is InChI=1S/C13H17NO2/c15-13(16)11-8-4-5-9-14-12(11)10-6-2-1-3-7-10/h1-3,6-7,11-12,14H,4-5,8-9H2,(H,15,16)/t11-,12+/m0/s1. The lowest BCUT2D eigenvalue weighted by Gasteiger charge is -2.22. The van der Waals surface area contributed by atoms with E-state index >= 15 is 0 Å². The van der Waals surface area contributed by atoms with Gasteiger partial charge < -0.3 is 10.4 Å². The van der Waals surface area contributed by atoms with Crippen LogP contribution in [0.25, 0.3) is 0 Å². The average molecular weight is 219 g/mol. The molecule has 2 atom stereocenters. The first-order valence-electron chi connectivity index (χ1n) is 5.80. The number of aliphatic carboxylic acids is 1. The van der Waals surface area contributed by atoms with Crippen molar-refractivity contribution in [1.82, 2.24) is 5.32 Å². The first-order chi connectivity index (χ1) is 7.79. The molecule has 1 aromatic rings. The molecule has 0 aromatic heterocycles. The maximum absolute atomic E-state index is 11.3. The third kappa shape index (κ3) is 2.42. The van der Waals surface area contributed by atoms with Crippen LogP contribution in [0.3, 0.4) is 0 Å². The van der Waals surface area contributed by atoms with Crippen LogP contribution in [-0.2, 0) is 4.79 Å². The summed E-state index contributed by atoms with van der Waals surface area (Å²) in [6.07, 6.45) is 2.82. The Morgan fingerprint density at radius 2 is 2.00 bits per heavy atom. The van der Waals surface area contributed by atoms with Crippen LogP contribution in [-0.4, -0.2) is 17.6 Å². The molecular formula is C13H17NO2. The fourth-order valence-electron chi connectivity index (χ4n) is 2.33. The van der Waals surface area contributed by atoms with E-state index in [1.54, 1.807) is 0 Å². The van der Waals surface area contributed by atoms with Crippen LogP contribution >= 0.6 is 0 Å². The van der Waals surface area contributed by atoms with E-state index in [1.807, 2.05) is 30.3 Å². The lowest BCUT2D eigenvalue weighted by Crippen LogP contribution is -2.31. The van der Waals surface area contributed by atoms with Crippen LogP contribution in [0.1, 0.15) is 30.9 Å². The molecule has 86 valence electrons. The van der Waals surface area contributed by atoms with Crippen LogP contribution in [0.2, 0.25) is 0 Å². The van der Waals surface area contributed by atoms with Crippen molar-refractivity contribution >= 4 is 5.97 Å². The predicted molar refractivity (Wildman–Crippen MR) is 62.2 cm³/mol.